The Kier molecular flexibility index (Phi) is 4.98. The Morgan fingerprint density at radius 3 is 2.53 bits per heavy atom. The Labute approximate surface area is 104 Å². The molecular formula is C9H16N6OS. The van der Waals surface area contributed by atoms with Crippen LogP contribution in [0.3, 0.4) is 0 Å². The molecule has 1 atom stereocenters. The molecule has 1 amide bonds. The van der Waals surface area contributed by atoms with Crippen LogP contribution in [0.1, 0.15) is 19.8 Å². The summed E-state index contributed by atoms with van der Waals surface area (Å²) in [5.41, 5.74) is 13.2. The van der Waals surface area contributed by atoms with Crippen LogP contribution in [0, 0.1) is 0 Å². The molecular weight excluding hydrogens is 240 g/mol. The summed E-state index contributed by atoms with van der Waals surface area (Å²) in [6, 6.07) is 1.46. The van der Waals surface area contributed by atoms with Crippen molar-refractivity contribution in [3.63, 3.8) is 0 Å². The number of nitrogens with one attached hydrogen (secondary N) is 1. The molecule has 0 saturated heterocycles. The lowest BCUT2D eigenvalue weighted by Gasteiger charge is -2.12. The molecule has 0 bridgehead atoms. The molecule has 1 unspecified atom stereocenters. The Hall–Kier alpha value is -1.54. The summed E-state index contributed by atoms with van der Waals surface area (Å²) >= 11 is 1.20. The molecule has 0 aliphatic carbocycles. The number of amides is 1. The number of hydrogen-bond acceptors (Lipinski definition) is 7. The van der Waals surface area contributed by atoms with Crippen molar-refractivity contribution in [1.29, 1.82) is 0 Å². The van der Waals surface area contributed by atoms with Crippen molar-refractivity contribution >= 4 is 29.3 Å². The van der Waals surface area contributed by atoms with Gasteiger partial charge in [0.15, 0.2) is 5.16 Å². The van der Waals surface area contributed by atoms with Gasteiger partial charge in [0.25, 0.3) is 0 Å². The highest BCUT2D eigenvalue weighted by atomic mass is 32.2. The van der Waals surface area contributed by atoms with E-state index in [0.29, 0.717) is 11.6 Å². The van der Waals surface area contributed by atoms with Gasteiger partial charge in [0.2, 0.25) is 5.91 Å². The first-order valence-corrected chi connectivity index (χ1v) is 6.02. The summed E-state index contributed by atoms with van der Waals surface area (Å²) in [6.45, 7) is 1.98. The molecule has 8 heteroatoms. The molecule has 1 heterocycles. The van der Waals surface area contributed by atoms with E-state index in [0.717, 1.165) is 6.42 Å². The number of aromatic nitrogens is 2. The van der Waals surface area contributed by atoms with Crippen molar-refractivity contribution in [2.45, 2.75) is 30.2 Å². The van der Waals surface area contributed by atoms with Gasteiger partial charge in [-0.2, -0.15) is 0 Å². The van der Waals surface area contributed by atoms with E-state index in [4.69, 9.17) is 17.3 Å². The summed E-state index contributed by atoms with van der Waals surface area (Å²) in [7, 11) is 0. The molecule has 0 aliphatic rings. The second kappa shape index (κ2) is 6.26. The maximum atomic E-state index is 11.5. The van der Waals surface area contributed by atoms with Gasteiger partial charge < -0.3 is 11.5 Å². The van der Waals surface area contributed by atoms with E-state index < -0.39 is 0 Å². The van der Waals surface area contributed by atoms with Gasteiger partial charge in [-0.3, -0.25) is 10.2 Å². The number of hydrogen-bond donors (Lipinski definition) is 4. The number of hydrazine groups is 1. The Morgan fingerprint density at radius 1 is 1.47 bits per heavy atom. The molecule has 17 heavy (non-hydrogen) atoms. The number of anilines is 2. The highest BCUT2D eigenvalue weighted by molar-refractivity contribution is 8.00. The molecule has 1 rings (SSSR count). The minimum atomic E-state index is -0.341. The second-order valence-corrected chi connectivity index (χ2v) is 4.57. The third-order valence-electron chi connectivity index (χ3n) is 1.98. The van der Waals surface area contributed by atoms with Gasteiger partial charge in [-0.1, -0.05) is 25.1 Å². The number of nitrogens with two attached hydrogens (primary N) is 3. The molecule has 0 saturated carbocycles. The van der Waals surface area contributed by atoms with Crippen LogP contribution in [0.25, 0.3) is 0 Å². The highest BCUT2D eigenvalue weighted by Crippen LogP contribution is 2.24. The van der Waals surface area contributed by atoms with Gasteiger partial charge in [0.05, 0.1) is 5.25 Å². The van der Waals surface area contributed by atoms with Crippen LogP contribution in [0.2, 0.25) is 0 Å². The monoisotopic (exact) mass is 256 g/mol. The number of nitrogens with zero attached hydrogens (tertiary/aromatic N) is 2. The first-order chi connectivity index (χ1) is 8.06. The first kappa shape index (κ1) is 13.5. The standard InChI is InChI=1S/C9H16N6OS/c1-2-3-5(8(16)15-12)17-9-13-6(10)4-7(11)14-9/h4-5H,2-3,12H2,1H3,(H,15,16)(H4,10,11,13,14). The Balaban J connectivity index is 2.81. The van der Waals surface area contributed by atoms with E-state index in [1.54, 1.807) is 0 Å². The average Bonchev–Trinajstić information content (AvgIpc) is 2.26. The third kappa shape index (κ3) is 4.08. The van der Waals surface area contributed by atoms with Crippen molar-refractivity contribution in [1.82, 2.24) is 15.4 Å². The van der Waals surface area contributed by atoms with Gasteiger partial charge in [-0.25, -0.2) is 15.8 Å². The van der Waals surface area contributed by atoms with Gasteiger partial charge in [0, 0.05) is 6.07 Å². The van der Waals surface area contributed by atoms with Crippen LogP contribution in [0.5, 0.6) is 0 Å². The summed E-state index contributed by atoms with van der Waals surface area (Å²) in [5.74, 6) is 5.41. The summed E-state index contributed by atoms with van der Waals surface area (Å²) in [4.78, 5) is 19.5. The predicted octanol–water partition coefficient (Wildman–Crippen LogP) is -0.108. The average molecular weight is 256 g/mol. The molecule has 7 nitrogen and oxygen atoms in total. The lowest BCUT2D eigenvalue weighted by molar-refractivity contribution is -0.120. The number of carbonyl (C=O) groups is 1. The number of nitrogen functional groups attached to an aromatic ring is 2. The zero-order chi connectivity index (χ0) is 12.8. The van der Waals surface area contributed by atoms with Crippen LogP contribution in [-0.2, 0) is 4.79 Å². The minimum absolute atomic E-state index is 0.263. The molecule has 0 radical (unpaired) electrons. The maximum Gasteiger partial charge on any atom is 0.247 e. The van der Waals surface area contributed by atoms with Gasteiger partial charge in [-0.15, -0.1) is 0 Å². The quantitative estimate of drug-likeness (QED) is 0.190. The van der Waals surface area contributed by atoms with Crippen LogP contribution < -0.4 is 22.7 Å². The van der Waals surface area contributed by atoms with Gasteiger partial charge in [0.1, 0.15) is 11.6 Å². The molecule has 94 valence electrons. The minimum Gasteiger partial charge on any atom is -0.383 e. The van der Waals surface area contributed by atoms with E-state index in [-0.39, 0.29) is 22.8 Å². The second-order valence-electron chi connectivity index (χ2n) is 3.40. The zero-order valence-electron chi connectivity index (χ0n) is 9.51. The highest BCUT2D eigenvalue weighted by Gasteiger charge is 2.19. The molecule has 1 aromatic heterocycles. The van der Waals surface area contributed by atoms with E-state index in [1.807, 2.05) is 6.92 Å². The van der Waals surface area contributed by atoms with Crippen molar-refractivity contribution in [2.24, 2.45) is 5.84 Å². The van der Waals surface area contributed by atoms with Crippen LogP contribution in [0.15, 0.2) is 11.2 Å². The van der Waals surface area contributed by atoms with Crippen LogP contribution >= 0.6 is 11.8 Å². The van der Waals surface area contributed by atoms with Crippen LogP contribution in [0.4, 0.5) is 11.6 Å². The molecule has 0 aliphatic heterocycles. The smallest absolute Gasteiger partial charge is 0.247 e. The molecule has 0 spiro atoms. The lowest BCUT2D eigenvalue weighted by atomic mass is 10.2. The number of rotatable bonds is 5. The Morgan fingerprint density at radius 2 is 2.06 bits per heavy atom. The largest absolute Gasteiger partial charge is 0.383 e. The van der Waals surface area contributed by atoms with E-state index in [9.17, 15) is 4.79 Å². The fourth-order valence-electron chi connectivity index (χ4n) is 1.24. The van der Waals surface area contributed by atoms with Crippen LogP contribution in [-0.4, -0.2) is 21.1 Å². The summed E-state index contributed by atoms with van der Waals surface area (Å²) in [6.07, 6.45) is 1.52. The summed E-state index contributed by atoms with van der Waals surface area (Å²) in [5, 5.41) is 0.0377. The number of thioether (sulfide) groups is 1. The topological polar surface area (TPSA) is 133 Å². The van der Waals surface area contributed by atoms with Crippen molar-refractivity contribution < 1.29 is 4.79 Å². The third-order valence-corrected chi connectivity index (χ3v) is 3.11. The van der Waals surface area contributed by atoms with Crippen molar-refractivity contribution in [2.75, 3.05) is 11.5 Å². The van der Waals surface area contributed by atoms with E-state index in [1.165, 1.54) is 17.8 Å². The summed E-state index contributed by atoms with van der Waals surface area (Å²) < 4.78 is 0. The van der Waals surface area contributed by atoms with E-state index in [2.05, 4.69) is 15.4 Å². The zero-order valence-corrected chi connectivity index (χ0v) is 10.3. The first-order valence-electron chi connectivity index (χ1n) is 5.14. The number of carbonyl (C=O) groups excluding carboxylic acids is 1. The van der Waals surface area contributed by atoms with Gasteiger partial charge >= 0.3 is 0 Å². The SMILES string of the molecule is CCCC(Sc1nc(N)cc(N)n1)C(=O)NN. The maximum absolute atomic E-state index is 11.5. The molecule has 1 aromatic rings. The fraction of sp³-hybridized carbons (Fsp3) is 0.444. The molecule has 0 fully saturated rings. The Bertz CT molecular complexity index is 379. The molecule has 0 aromatic carbocycles. The van der Waals surface area contributed by atoms with Crippen molar-refractivity contribution in [3.05, 3.63) is 6.07 Å². The van der Waals surface area contributed by atoms with Gasteiger partial charge in [-0.05, 0) is 6.42 Å². The van der Waals surface area contributed by atoms with Crippen molar-refractivity contribution in [3.8, 4) is 0 Å². The molecule has 7 N–H and O–H groups in total. The normalized spacial score (nSPS) is 12.1. The van der Waals surface area contributed by atoms with E-state index >= 15 is 0 Å². The lowest BCUT2D eigenvalue weighted by Crippen LogP contribution is -2.37. The predicted molar refractivity (Wildman–Crippen MR) is 67.7 cm³/mol. The fourth-order valence-corrected chi connectivity index (χ4v) is 2.34.